The Morgan fingerprint density at radius 2 is 1.79 bits per heavy atom. The lowest BCUT2D eigenvalue weighted by atomic mass is 9.58. The van der Waals surface area contributed by atoms with E-state index in [1.807, 2.05) is 13.0 Å². The molecule has 34 heavy (non-hydrogen) atoms. The molecule has 180 valence electrons. The zero-order valence-corrected chi connectivity index (χ0v) is 19.5. The number of allylic oxidation sites excluding steroid dienone is 2. The summed E-state index contributed by atoms with van der Waals surface area (Å²) in [6, 6.07) is 1.95. The van der Waals surface area contributed by atoms with E-state index in [-0.39, 0.29) is 35.0 Å². The summed E-state index contributed by atoms with van der Waals surface area (Å²) in [6.45, 7) is 5.10. The number of anilines is 1. The minimum absolute atomic E-state index is 0.0503. The number of benzene rings is 1. The number of hydrogen-bond donors (Lipinski definition) is 4. The Morgan fingerprint density at radius 3 is 2.44 bits per heavy atom. The Kier molecular flexibility index (Phi) is 5.13. The molecule has 1 heterocycles. The van der Waals surface area contributed by atoms with Crippen LogP contribution in [0.15, 0.2) is 28.5 Å². The zero-order chi connectivity index (χ0) is 24.5. The lowest BCUT2D eigenvalue weighted by Gasteiger charge is -2.47. The number of hydrogen-bond acceptors (Lipinski definition) is 7. The second kappa shape index (κ2) is 7.70. The number of aliphatic hydroxyl groups is 2. The van der Waals surface area contributed by atoms with Gasteiger partial charge in [-0.2, -0.15) is 0 Å². The van der Waals surface area contributed by atoms with Crippen molar-refractivity contribution in [2.24, 2.45) is 17.6 Å². The molecule has 0 aromatic heterocycles. The van der Waals surface area contributed by atoms with Crippen molar-refractivity contribution in [1.82, 2.24) is 0 Å². The average molecular weight is 467 g/mol. The van der Waals surface area contributed by atoms with Crippen LogP contribution in [0.3, 0.4) is 0 Å². The van der Waals surface area contributed by atoms with Crippen LogP contribution in [-0.2, 0) is 16.0 Å². The van der Waals surface area contributed by atoms with Gasteiger partial charge in [0.1, 0.15) is 17.1 Å². The van der Waals surface area contributed by atoms with Gasteiger partial charge in [-0.25, -0.2) is 0 Å². The fourth-order valence-electron chi connectivity index (χ4n) is 6.58. The van der Waals surface area contributed by atoms with Crippen molar-refractivity contribution in [3.63, 3.8) is 0 Å². The highest BCUT2D eigenvalue weighted by Crippen LogP contribution is 2.53. The summed E-state index contributed by atoms with van der Waals surface area (Å²) in [4.78, 5) is 41.0. The standard InChI is InChI=1S/C26H30N2O6/c1-12-8-17(28-6-4-3-5-7-28)22(30)20-16(12)10-14-9-15-11-18(29)21(25(27)33)24(32)26(15,34)13(2)19(14)23(20)31/h8,14-15,29-30,34H,3-7,9-11H2,1-2H3,(H2,27,33)/t14-,15+,26-/m1/s1. The summed E-state index contributed by atoms with van der Waals surface area (Å²) in [5, 5.41) is 33.1. The summed E-state index contributed by atoms with van der Waals surface area (Å²) < 4.78 is 0. The number of carbonyl (C=O) groups is 3. The first-order valence-corrected chi connectivity index (χ1v) is 11.9. The number of rotatable bonds is 2. The molecule has 1 saturated heterocycles. The van der Waals surface area contributed by atoms with Crippen LogP contribution in [0.5, 0.6) is 5.75 Å². The molecule has 1 aliphatic heterocycles. The van der Waals surface area contributed by atoms with Crippen LogP contribution >= 0.6 is 0 Å². The number of aromatic hydroxyl groups is 1. The molecular formula is C26H30N2O6. The molecule has 5 rings (SSSR count). The lowest BCUT2D eigenvalue weighted by Crippen LogP contribution is -2.56. The van der Waals surface area contributed by atoms with Gasteiger partial charge < -0.3 is 26.0 Å². The zero-order valence-electron chi connectivity index (χ0n) is 19.5. The number of nitrogens with zero attached hydrogens (tertiary/aromatic N) is 1. The lowest BCUT2D eigenvalue weighted by molar-refractivity contribution is -0.140. The van der Waals surface area contributed by atoms with Gasteiger partial charge in [-0.05, 0) is 74.6 Å². The van der Waals surface area contributed by atoms with Gasteiger partial charge >= 0.3 is 0 Å². The Bertz CT molecular complexity index is 1210. The van der Waals surface area contributed by atoms with E-state index in [4.69, 9.17) is 5.73 Å². The third-order valence-electron chi connectivity index (χ3n) is 8.32. The first-order valence-electron chi connectivity index (χ1n) is 11.9. The fraction of sp³-hybridized carbons (Fsp3) is 0.500. The second-order valence-corrected chi connectivity index (χ2v) is 10.1. The van der Waals surface area contributed by atoms with E-state index in [0.29, 0.717) is 24.1 Å². The van der Waals surface area contributed by atoms with E-state index in [1.165, 1.54) is 6.92 Å². The number of Topliss-reactive ketones (excluding diaryl/α,β-unsaturated/α-hetero) is 2. The van der Waals surface area contributed by atoms with Gasteiger partial charge in [0.05, 0.1) is 11.3 Å². The van der Waals surface area contributed by atoms with Crippen LogP contribution in [0, 0.1) is 18.8 Å². The molecule has 3 atom stereocenters. The summed E-state index contributed by atoms with van der Waals surface area (Å²) in [5.41, 5.74) is 5.71. The van der Waals surface area contributed by atoms with Gasteiger partial charge in [0, 0.05) is 31.0 Å². The first kappa shape index (κ1) is 22.7. The van der Waals surface area contributed by atoms with Gasteiger partial charge in [-0.1, -0.05) is 0 Å². The topological polar surface area (TPSA) is 141 Å². The quantitative estimate of drug-likeness (QED) is 0.490. The molecule has 0 radical (unpaired) electrons. The predicted molar refractivity (Wildman–Crippen MR) is 125 cm³/mol. The number of carbonyl (C=O) groups excluding carboxylic acids is 3. The molecule has 1 fully saturated rings. The SMILES string of the molecule is CC1=C2C(=O)c3c(O)c(N4CCCCC4)cc(C)c3C[C@H]2C[C@H]2CC(O)=C(C(N)=O)C(=O)[C@@]12O. The molecular weight excluding hydrogens is 436 g/mol. The Morgan fingerprint density at radius 1 is 1.12 bits per heavy atom. The minimum Gasteiger partial charge on any atom is -0.511 e. The minimum atomic E-state index is -2.09. The average Bonchev–Trinajstić information content (AvgIpc) is 2.78. The van der Waals surface area contributed by atoms with Crippen molar-refractivity contribution >= 4 is 23.2 Å². The van der Waals surface area contributed by atoms with Crippen molar-refractivity contribution in [2.75, 3.05) is 18.0 Å². The van der Waals surface area contributed by atoms with Gasteiger partial charge in [-0.3, -0.25) is 14.4 Å². The van der Waals surface area contributed by atoms with Crippen LogP contribution in [0.25, 0.3) is 0 Å². The monoisotopic (exact) mass is 466 g/mol. The number of nitrogens with two attached hydrogens (primary N) is 1. The number of phenols is 1. The number of amides is 1. The maximum Gasteiger partial charge on any atom is 0.255 e. The highest BCUT2D eigenvalue weighted by Gasteiger charge is 2.57. The van der Waals surface area contributed by atoms with Crippen molar-refractivity contribution in [2.45, 2.75) is 58.0 Å². The molecule has 3 aliphatic carbocycles. The number of primary amides is 1. The van der Waals surface area contributed by atoms with Crippen molar-refractivity contribution in [3.8, 4) is 5.75 Å². The molecule has 1 amide bonds. The van der Waals surface area contributed by atoms with Crippen molar-refractivity contribution < 1.29 is 29.7 Å². The molecule has 0 spiro atoms. The number of aryl methyl sites for hydroxylation is 1. The van der Waals surface area contributed by atoms with E-state index in [0.717, 1.165) is 43.5 Å². The number of ketones is 2. The molecule has 0 unspecified atom stereocenters. The van der Waals surface area contributed by atoms with Crippen LogP contribution in [0.1, 0.15) is 60.5 Å². The number of piperidine rings is 1. The van der Waals surface area contributed by atoms with Crippen molar-refractivity contribution in [1.29, 1.82) is 0 Å². The smallest absolute Gasteiger partial charge is 0.255 e. The van der Waals surface area contributed by atoms with E-state index < -0.39 is 34.5 Å². The summed E-state index contributed by atoms with van der Waals surface area (Å²) in [5.74, 6) is -3.85. The summed E-state index contributed by atoms with van der Waals surface area (Å²) in [6.07, 6.45) is 3.90. The largest absolute Gasteiger partial charge is 0.511 e. The van der Waals surface area contributed by atoms with Crippen LogP contribution < -0.4 is 10.6 Å². The van der Waals surface area contributed by atoms with E-state index in [1.54, 1.807) is 0 Å². The van der Waals surface area contributed by atoms with E-state index >= 15 is 0 Å². The van der Waals surface area contributed by atoms with E-state index in [2.05, 4.69) is 4.90 Å². The van der Waals surface area contributed by atoms with Crippen LogP contribution in [0.2, 0.25) is 0 Å². The predicted octanol–water partition coefficient (Wildman–Crippen LogP) is 2.38. The molecule has 8 heteroatoms. The molecule has 8 nitrogen and oxygen atoms in total. The maximum absolute atomic E-state index is 13.9. The Balaban J connectivity index is 1.65. The third kappa shape index (κ3) is 2.97. The van der Waals surface area contributed by atoms with Gasteiger partial charge in [-0.15, -0.1) is 0 Å². The Labute approximate surface area is 197 Å². The Hall–Kier alpha value is -3.13. The molecule has 0 bridgehead atoms. The van der Waals surface area contributed by atoms with Gasteiger partial charge in [0.25, 0.3) is 5.91 Å². The second-order valence-electron chi connectivity index (χ2n) is 10.1. The normalized spacial score (nSPS) is 29.1. The van der Waals surface area contributed by atoms with Crippen LogP contribution in [-0.4, -0.2) is 51.5 Å². The molecule has 5 N–H and O–H groups in total. The van der Waals surface area contributed by atoms with Crippen molar-refractivity contribution in [3.05, 3.63) is 45.2 Å². The fourth-order valence-corrected chi connectivity index (χ4v) is 6.58. The molecule has 0 saturated carbocycles. The molecule has 1 aromatic carbocycles. The number of phenolic OH excluding ortho intramolecular Hbond substituents is 1. The summed E-state index contributed by atoms with van der Waals surface area (Å²) >= 11 is 0. The molecule has 4 aliphatic rings. The first-order chi connectivity index (χ1) is 16.1. The molecule has 1 aromatic rings. The highest BCUT2D eigenvalue weighted by molar-refractivity contribution is 6.24. The van der Waals surface area contributed by atoms with Gasteiger partial charge in [0.2, 0.25) is 5.78 Å². The number of fused-ring (bicyclic) bond motifs is 3. The van der Waals surface area contributed by atoms with Gasteiger partial charge in [0.15, 0.2) is 11.4 Å². The van der Waals surface area contributed by atoms with E-state index in [9.17, 15) is 29.7 Å². The number of aliphatic hydroxyl groups excluding tert-OH is 1. The third-order valence-corrected chi connectivity index (χ3v) is 8.32. The summed E-state index contributed by atoms with van der Waals surface area (Å²) in [7, 11) is 0. The highest BCUT2D eigenvalue weighted by atomic mass is 16.3. The maximum atomic E-state index is 13.9. The van der Waals surface area contributed by atoms with Crippen LogP contribution in [0.4, 0.5) is 5.69 Å².